The molecule has 0 fully saturated rings. The molecule has 8 heteroatoms. The molecular weight excluding hydrogens is 288 g/mol. The van der Waals surface area contributed by atoms with Gasteiger partial charge in [-0.05, 0) is 46.1 Å². The SMILES string of the molecule is CCS(=O)(=O)NC(CCSC)C(=O)NOC(C)(C)C. The Kier molecular flexibility index (Phi) is 7.95. The second-order valence-electron chi connectivity index (χ2n) is 5.04. The molecule has 0 spiro atoms. The first-order chi connectivity index (χ1) is 8.61. The number of sulfonamides is 1. The number of thioether (sulfide) groups is 1. The highest BCUT2D eigenvalue weighted by atomic mass is 32.2. The summed E-state index contributed by atoms with van der Waals surface area (Å²) in [4.78, 5) is 17.1. The third-order valence-electron chi connectivity index (χ3n) is 2.09. The van der Waals surface area contributed by atoms with Crippen LogP contribution in [0.3, 0.4) is 0 Å². The van der Waals surface area contributed by atoms with Gasteiger partial charge in [0.05, 0.1) is 11.4 Å². The van der Waals surface area contributed by atoms with Crippen LogP contribution in [0.2, 0.25) is 0 Å². The highest BCUT2D eigenvalue weighted by Crippen LogP contribution is 2.06. The fraction of sp³-hybridized carbons (Fsp3) is 0.909. The van der Waals surface area contributed by atoms with Crippen molar-refractivity contribution in [3.05, 3.63) is 0 Å². The number of nitrogens with one attached hydrogen (secondary N) is 2. The quantitative estimate of drug-likeness (QED) is 0.650. The summed E-state index contributed by atoms with van der Waals surface area (Å²) < 4.78 is 25.5. The van der Waals surface area contributed by atoms with Gasteiger partial charge in [0.25, 0.3) is 5.91 Å². The molecule has 0 aromatic carbocycles. The first-order valence-electron chi connectivity index (χ1n) is 6.08. The molecular formula is C11H24N2O4S2. The van der Waals surface area contributed by atoms with E-state index in [0.29, 0.717) is 12.2 Å². The maximum Gasteiger partial charge on any atom is 0.261 e. The molecule has 2 N–H and O–H groups in total. The molecule has 1 unspecified atom stereocenters. The molecule has 0 aliphatic heterocycles. The van der Waals surface area contributed by atoms with Crippen LogP contribution in [0, 0.1) is 0 Å². The van der Waals surface area contributed by atoms with E-state index in [1.807, 2.05) is 6.26 Å². The van der Waals surface area contributed by atoms with Crippen molar-refractivity contribution in [2.45, 2.75) is 45.8 Å². The van der Waals surface area contributed by atoms with Gasteiger partial charge in [-0.1, -0.05) is 0 Å². The van der Waals surface area contributed by atoms with Crippen LogP contribution < -0.4 is 10.2 Å². The van der Waals surface area contributed by atoms with Crippen molar-refractivity contribution < 1.29 is 18.0 Å². The van der Waals surface area contributed by atoms with Gasteiger partial charge in [-0.15, -0.1) is 0 Å². The van der Waals surface area contributed by atoms with Crippen LogP contribution in [-0.4, -0.2) is 43.7 Å². The minimum absolute atomic E-state index is 0.0593. The zero-order valence-corrected chi connectivity index (χ0v) is 13.8. The van der Waals surface area contributed by atoms with Gasteiger partial charge in [-0.2, -0.15) is 11.8 Å². The number of rotatable bonds is 8. The number of amides is 1. The molecule has 0 saturated carbocycles. The predicted octanol–water partition coefficient (Wildman–Crippen LogP) is 0.894. The summed E-state index contributed by atoms with van der Waals surface area (Å²) in [7, 11) is -3.42. The van der Waals surface area contributed by atoms with Crippen molar-refractivity contribution in [1.29, 1.82) is 0 Å². The van der Waals surface area contributed by atoms with E-state index in [2.05, 4.69) is 10.2 Å². The first-order valence-corrected chi connectivity index (χ1v) is 9.12. The monoisotopic (exact) mass is 312 g/mol. The van der Waals surface area contributed by atoms with Gasteiger partial charge in [-0.3, -0.25) is 9.63 Å². The van der Waals surface area contributed by atoms with Crippen molar-refractivity contribution in [3.63, 3.8) is 0 Å². The molecule has 19 heavy (non-hydrogen) atoms. The first kappa shape index (κ1) is 18.7. The Morgan fingerprint density at radius 1 is 1.37 bits per heavy atom. The minimum atomic E-state index is -3.42. The number of hydrogen-bond donors (Lipinski definition) is 2. The third kappa shape index (κ3) is 9.26. The molecule has 0 saturated heterocycles. The lowest BCUT2D eigenvalue weighted by Crippen LogP contribution is -2.48. The van der Waals surface area contributed by atoms with E-state index in [0.717, 1.165) is 0 Å². The van der Waals surface area contributed by atoms with E-state index in [4.69, 9.17) is 4.84 Å². The molecule has 0 aromatic heterocycles. The fourth-order valence-corrected chi connectivity index (χ4v) is 2.35. The lowest BCUT2D eigenvalue weighted by atomic mass is 10.2. The van der Waals surface area contributed by atoms with E-state index in [-0.39, 0.29) is 5.75 Å². The van der Waals surface area contributed by atoms with E-state index < -0.39 is 27.6 Å². The Labute approximate surface area is 120 Å². The third-order valence-corrected chi connectivity index (χ3v) is 4.13. The van der Waals surface area contributed by atoms with Crippen molar-refractivity contribution in [1.82, 2.24) is 10.2 Å². The Morgan fingerprint density at radius 3 is 2.37 bits per heavy atom. The summed E-state index contributed by atoms with van der Waals surface area (Å²) in [6, 6.07) is -0.806. The van der Waals surface area contributed by atoms with Crippen LogP contribution in [0.15, 0.2) is 0 Å². The smallest absolute Gasteiger partial charge is 0.261 e. The summed E-state index contributed by atoms with van der Waals surface area (Å²) in [5, 5.41) is 0. The predicted molar refractivity (Wildman–Crippen MR) is 78.4 cm³/mol. The molecule has 0 bridgehead atoms. The number of hydroxylamine groups is 1. The summed E-state index contributed by atoms with van der Waals surface area (Å²) in [5.74, 6) is 0.150. The topological polar surface area (TPSA) is 84.5 Å². The van der Waals surface area contributed by atoms with E-state index in [9.17, 15) is 13.2 Å². The van der Waals surface area contributed by atoms with Gasteiger partial charge in [0.15, 0.2) is 0 Å². The van der Waals surface area contributed by atoms with Crippen molar-refractivity contribution in [3.8, 4) is 0 Å². The van der Waals surface area contributed by atoms with Crippen LogP contribution in [0.5, 0.6) is 0 Å². The minimum Gasteiger partial charge on any atom is -0.271 e. The molecule has 114 valence electrons. The standard InChI is InChI=1S/C11H24N2O4S2/c1-6-19(15,16)13-9(7-8-18-5)10(14)12-17-11(2,3)4/h9,13H,6-8H2,1-5H3,(H,12,14). The van der Waals surface area contributed by atoms with Crippen molar-refractivity contribution in [2.75, 3.05) is 17.8 Å². The lowest BCUT2D eigenvalue weighted by molar-refractivity contribution is -0.147. The van der Waals surface area contributed by atoms with Crippen LogP contribution in [0.1, 0.15) is 34.1 Å². The number of carbonyl (C=O) groups excluding carboxylic acids is 1. The maximum absolute atomic E-state index is 11.9. The van der Waals surface area contributed by atoms with E-state index in [1.54, 1.807) is 32.5 Å². The van der Waals surface area contributed by atoms with E-state index in [1.165, 1.54) is 6.92 Å². The Morgan fingerprint density at radius 2 is 1.95 bits per heavy atom. The molecule has 0 rings (SSSR count). The van der Waals surface area contributed by atoms with Crippen LogP contribution in [0.25, 0.3) is 0 Å². The molecule has 0 heterocycles. The van der Waals surface area contributed by atoms with Gasteiger partial charge >= 0.3 is 0 Å². The second kappa shape index (κ2) is 8.08. The summed E-state index contributed by atoms with van der Waals surface area (Å²) in [6.07, 6.45) is 2.31. The molecule has 1 atom stereocenters. The summed E-state index contributed by atoms with van der Waals surface area (Å²) >= 11 is 1.55. The molecule has 0 aliphatic carbocycles. The van der Waals surface area contributed by atoms with Crippen molar-refractivity contribution >= 4 is 27.7 Å². The fourth-order valence-electron chi connectivity index (χ4n) is 1.05. The zero-order chi connectivity index (χ0) is 15.1. The Bertz CT molecular complexity index is 377. The highest BCUT2D eigenvalue weighted by Gasteiger charge is 2.24. The van der Waals surface area contributed by atoms with Crippen molar-refractivity contribution in [2.24, 2.45) is 0 Å². The van der Waals surface area contributed by atoms with Crippen LogP contribution in [-0.2, 0) is 19.7 Å². The van der Waals surface area contributed by atoms with Gasteiger partial charge in [0.2, 0.25) is 10.0 Å². The summed E-state index contributed by atoms with van der Waals surface area (Å²) in [5.41, 5.74) is 1.78. The van der Waals surface area contributed by atoms with E-state index >= 15 is 0 Å². The van der Waals surface area contributed by atoms with Gasteiger partial charge in [-0.25, -0.2) is 18.6 Å². The maximum atomic E-state index is 11.9. The Hall–Kier alpha value is -0.310. The normalized spacial score (nSPS) is 14.2. The molecule has 1 amide bonds. The Balaban J connectivity index is 4.61. The molecule has 0 aliphatic rings. The average Bonchev–Trinajstić information content (AvgIpc) is 2.30. The van der Waals surface area contributed by atoms with Crippen LogP contribution >= 0.6 is 11.8 Å². The van der Waals surface area contributed by atoms with Gasteiger partial charge in [0.1, 0.15) is 6.04 Å². The number of carbonyl (C=O) groups is 1. The zero-order valence-electron chi connectivity index (χ0n) is 12.1. The van der Waals surface area contributed by atoms with Gasteiger partial charge in [0, 0.05) is 0 Å². The largest absolute Gasteiger partial charge is 0.271 e. The molecule has 0 aromatic rings. The highest BCUT2D eigenvalue weighted by molar-refractivity contribution is 7.98. The number of hydrogen-bond acceptors (Lipinski definition) is 5. The summed E-state index contributed by atoms with van der Waals surface area (Å²) in [6.45, 7) is 6.90. The van der Waals surface area contributed by atoms with Gasteiger partial charge < -0.3 is 0 Å². The molecule has 6 nitrogen and oxygen atoms in total. The lowest BCUT2D eigenvalue weighted by Gasteiger charge is -2.22. The second-order valence-corrected chi connectivity index (χ2v) is 8.06. The molecule has 0 radical (unpaired) electrons. The van der Waals surface area contributed by atoms with Crippen LogP contribution in [0.4, 0.5) is 0 Å². The average molecular weight is 312 g/mol.